The minimum atomic E-state index is -0.0955. The number of nitrogens with zero attached hydrogens (tertiary/aromatic N) is 3. The number of ether oxygens (including phenoxy) is 1. The molecule has 4 rings (SSSR count). The number of hydrogen-bond donors (Lipinski definition) is 1. The lowest BCUT2D eigenvalue weighted by atomic mass is 9.99. The number of nitrogens with one attached hydrogen (secondary N) is 1. The molecule has 1 aromatic carbocycles. The largest absolute Gasteiger partial charge is 0.486 e. The van der Waals surface area contributed by atoms with E-state index in [0.717, 1.165) is 42.5 Å². The number of benzene rings is 1. The predicted octanol–water partition coefficient (Wildman–Crippen LogP) is 3.68. The molecule has 3 heterocycles. The lowest BCUT2D eigenvalue weighted by Crippen LogP contribution is -2.39. The zero-order chi connectivity index (χ0) is 20.9. The number of rotatable bonds is 7. The Balaban J connectivity index is 1.34. The molecule has 1 saturated heterocycles. The molecule has 3 aromatic rings. The second kappa shape index (κ2) is 9.30. The molecule has 2 aromatic heterocycles. The topological polar surface area (TPSA) is 58.9 Å². The van der Waals surface area contributed by atoms with Crippen molar-refractivity contribution in [3.63, 3.8) is 0 Å². The van der Waals surface area contributed by atoms with Crippen LogP contribution < -0.4 is 10.1 Å². The van der Waals surface area contributed by atoms with Gasteiger partial charge in [0.2, 0.25) is 0 Å². The van der Waals surface area contributed by atoms with Crippen LogP contribution in [0.2, 0.25) is 0 Å². The summed E-state index contributed by atoms with van der Waals surface area (Å²) in [4.78, 5) is 19.8. The second-order valence-corrected chi connectivity index (χ2v) is 8.22. The van der Waals surface area contributed by atoms with Crippen molar-refractivity contribution < 1.29 is 9.53 Å². The van der Waals surface area contributed by atoms with Gasteiger partial charge >= 0.3 is 0 Å². The molecule has 1 amide bonds. The van der Waals surface area contributed by atoms with Crippen LogP contribution in [0.5, 0.6) is 5.75 Å². The number of para-hydroxylation sites is 1. The number of imidazole rings is 1. The van der Waals surface area contributed by atoms with Crippen LogP contribution in [0.4, 0.5) is 0 Å². The van der Waals surface area contributed by atoms with Crippen molar-refractivity contribution in [3.05, 3.63) is 65.6 Å². The van der Waals surface area contributed by atoms with Crippen molar-refractivity contribution in [2.24, 2.45) is 5.92 Å². The minimum absolute atomic E-state index is 0.0955. The molecular weight excluding hydrogens is 376 g/mol. The summed E-state index contributed by atoms with van der Waals surface area (Å²) in [5.41, 5.74) is 3.43. The molecular formula is C24H30N4O2. The number of fused-ring (bicyclic) bond motifs is 1. The monoisotopic (exact) mass is 406 g/mol. The third kappa shape index (κ3) is 4.82. The van der Waals surface area contributed by atoms with Gasteiger partial charge in [0.15, 0.2) is 0 Å². The van der Waals surface area contributed by atoms with E-state index < -0.39 is 0 Å². The Morgan fingerprint density at radius 1 is 1.20 bits per heavy atom. The summed E-state index contributed by atoms with van der Waals surface area (Å²) in [5, 5.41) is 3.04. The highest BCUT2D eigenvalue weighted by atomic mass is 16.5. The van der Waals surface area contributed by atoms with Crippen molar-refractivity contribution >= 4 is 11.6 Å². The normalized spacial score (nSPS) is 15.4. The van der Waals surface area contributed by atoms with Crippen LogP contribution in [-0.2, 0) is 6.61 Å². The first-order valence-corrected chi connectivity index (χ1v) is 10.8. The molecule has 6 nitrogen and oxygen atoms in total. The third-order valence-corrected chi connectivity index (χ3v) is 5.82. The first-order chi connectivity index (χ1) is 14.6. The number of hydrogen-bond acceptors (Lipinski definition) is 4. The van der Waals surface area contributed by atoms with E-state index in [1.54, 1.807) is 6.07 Å². The highest BCUT2D eigenvalue weighted by molar-refractivity contribution is 5.96. The Labute approximate surface area is 177 Å². The Kier molecular flexibility index (Phi) is 6.33. The van der Waals surface area contributed by atoms with Gasteiger partial charge in [-0.1, -0.05) is 25.1 Å². The lowest BCUT2D eigenvalue weighted by molar-refractivity contribution is 0.0940. The lowest BCUT2D eigenvalue weighted by Gasteiger charge is -2.30. The molecule has 1 fully saturated rings. The van der Waals surface area contributed by atoms with E-state index in [4.69, 9.17) is 4.74 Å². The van der Waals surface area contributed by atoms with Gasteiger partial charge in [-0.25, -0.2) is 4.98 Å². The number of aryl methyl sites for hydroxylation is 1. The van der Waals surface area contributed by atoms with Gasteiger partial charge in [0.05, 0.1) is 11.3 Å². The van der Waals surface area contributed by atoms with Crippen LogP contribution in [0, 0.1) is 12.8 Å². The van der Waals surface area contributed by atoms with E-state index in [1.165, 1.54) is 12.8 Å². The summed E-state index contributed by atoms with van der Waals surface area (Å²) in [6, 6.07) is 11.4. The maximum Gasteiger partial charge on any atom is 0.255 e. The summed E-state index contributed by atoms with van der Waals surface area (Å²) in [5.74, 6) is 1.30. The van der Waals surface area contributed by atoms with Gasteiger partial charge in [0, 0.05) is 25.5 Å². The third-order valence-electron chi connectivity index (χ3n) is 5.82. The number of pyridine rings is 1. The highest BCUT2D eigenvalue weighted by Crippen LogP contribution is 2.20. The van der Waals surface area contributed by atoms with Crippen molar-refractivity contribution in [3.8, 4) is 5.75 Å². The standard InChI is InChI=1S/C24H30N4O2/c1-18-9-13-27(14-10-18)15-11-25-24(29)21-7-3-4-8-22(21)30-17-20-16-28-12-5-6-19(2)23(28)26-20/h3-8,12,16,18H,9-11,13-15,17H2,1-2H3,(H,25,29). The number of carbonyl (C=O) groups is 1. The van der Waals surface area contributed by atoms with Gasteiger partial charge in [-0.3, -0.25) is 4.79 Å². The van der Waals surface area contributed by atoms with Gasteiger partial charge in [-0.05, 0) is 62.5 Å². The molecule has 1 aliphatic rings. The van der Waals surface area contributed by atoms with Crippen LogP contribution in [0.25, 0.3) is 5.65 Å². The number of likely N-dealkylation sites (tertiary alicyclic amines) is 1. The van der Waals surface area contributed by atoms with Crippen LogP contribution in [-0.4, -0.2) is 46.4 Å². The van der Waals surface area contributed by atoms with Crippen molar-refractivity contribution in [2.45, 2.75) is 33.3 Å². The van der Waals surface area contributed by atoms with Crippen LogP contribution in [0.15, 0.2) is 48.8 Å². The fourth-order valence-electron chi connectivity index (χ4n) is 3.91. The molecule has 158 valence electrons. The molecule has 0 bridgehead atoms. The van der Waals surface area contributed by atoms with Crippen molar-refractivity contribution in [1.82, 2.24) is 19.6 Å². The molecule has 1 aliphatic heterocycles. The average molecular weight is 407 g/mol. The number of piperidine rings is 1. The maximum atomic E-state index is 12.7. The van der Waals surface area contributed by atoms with Gasteiger partial charge < -0.3 is 19.4 Å². The van der Waals surface area contributed by atoms with Crippen molar-refractivity contribution in [2.75, 3.05) is 26.2 Å². The zero-order valence-corrected chi connectivity index (χ0v) is 17.8. The van der Waals surface area contributed by atoms with E-state index in [9.17, 15) is 4.79 Å². The first-order valence-electron chi connectivity index (χ1n) is 10.8. The number of carbonyl (C=O) groups excluding carboxylic acids is 1. The summed E-state index contributed by atoms with van der Waals surface area (Å²) in [6.07, 6.45) is 6.42. The van der Waals surface area contributed by atoms with Gasteiger partial charge in [0.1, 0.15) is 18.0 Å². The molecule has 1 N–H and O–H groups in total. The Morgan fingerprint density at radius 3 is 2.80 bits per heavy atom. The summed E-state index contributed by atoms with van der Waals surface area (Å²) >= 11 is 0. The quantitative estimate of drug-likeness (QED) is 0.650. The van der Waals surface area contributed by atoms with E-state index >= 15 is 0 Å². The fraction of sp³-hybridized carbons (Fsp3) is 0.417. The van der Waals surface area contributed by atoms with Gasteiger partial charge in [0.25, 0.3) is 5.91 Å². The highest BCUT2D eigenvalue weighted by Gasteiger charge is 2.16. The van der Waals surface area contributed by atoms with E-state index in [2.05, 4.69) is 22.1 Å². The SMILES string of the molecule is Cc1cccn2cc(COc3ccccc3C(=O)NCCN3CCC(C)CC3)nc12. The van der Waals surface area contributed by atoms with E-state index in [-0.39, 0.29) is 5.91 Å². The fourth-order valence-corrected chi connectivity index (χ4v) is 3.91. The molecule has 0 spiro atoms. The Hall–Kier alpha value is -2.86. The summed E-state index contributed by atoms with van der Waals surface area (Å²) in [6.45, 7) is 8.44. The van der Waals surface area contributed by atoms with Crippen LogP contribution >= 0.6 is 0 Å². The van der Waals surface area contributed by atoms with Crippen LogP contribution in [0.3, 0.4) is 0 Å². The second-order valence-electron chi connectivity index (χ2n) is 8.22. The molecule has 30 heavy (non-hydrogen) atoms. The average Bonchev–Trinajstić information content (AvgIpc) is 3.18. The van der Waals surface area contributed by atoms with Gasteiger partial charge in [-0.2, -0.15) is 0 Å². The van der Waals surface area contributed by atoms with E-state index in [0.29, 0.717) is 24.5 Å². The molecule has 0 radical (unpaired) electrons. The van der Waals surface area contributed by atoms with Crippen molar-refractivity contribution in [1.29, 1.82) is 0 Å². The Bertz CT molecular complexity index is 1010. The molecule has 0 atom stereocenters. The maximum absolute atomic E-state index is 12.7. The van der Waals surface area contributed by atoms with E-state index in [1.807, 2.05) is 54.0 Å². The number of aromatic nitrogens is 2. The van der Waals surface area contributed by atoms with Gasteiger partial charge in [-0.15, -0.1) is 0 Å². The minimum Gasteiger partial charge on any atom is -0.486 e. The van der Waals surface area contributed by atoms with Crippen LogP contribution in [0.1, 0.15) is 41.4 Å². The Morgan fingerprint density at radius 2 is 2.00 bits per heavy atom. The molecule has 0 aliphatic carbocycles. The molecule has 6 heteroatoms. The number of amides is 1. The summed E-state index contributed by atoms with van der Waals surface area (Å²) in [7, 11) is 0. The predicted molar refractivity (Wildman–Crippen MR) is 118 cm³/mol. The molecule has 0 unspecified atom stereocenters. The summed E-state index contributed by atoms with van der Waals surface area (Å²) < 4.78 is 7.97. The zero-order valence-electron chi connectivity index (χ0n) is 17.8. The first kappa shape index (κ1) is 20.4. The molecule has 0 saturated carbocycles. The smallest absolute Gasteiger partial charge is 0.255 e.